The maximum absolute atomic E-state index is 7.08. The van der Waals surface area contributed by atoms with E-state index < -0.39 is 0 Å². The van der Waals surface area contributed by atoms with Gasteiger partial charge in [0, 0.05) is 32.3 Å². The van der Waals surface area contributed by atoms with Crippen LogP contribution in [-0.4, -0.2) is 4.57 Å². The van der Waals surface area contributed by atoms with Gasteiger partial charge in [0.25, 0.3) is 0 Å². The molecule has 1 aromatic heterocycles. The Hall–Kier alpha value is -7.62. The molecule has 1 aliphatic carbocycles. The number of aromatic nitrogens is 1. The fourth-order valence-electron chi connectivity index (χ4n) is 10.5. The van der Waals surface area contributed by atoms with Crippen LogP contribution in [0.15, 0.2) is 194 Å². The van der Waals surface area contributed by atoms with Gasteiger partial charge >= 0.3 is 0 Å². The number of hydrogen-bond donors (Lipinski definition) is 0. The maximum Gasteiger partial charge on any atom is 0.159 e. The number of benzene rings is 10. The van der Waals surface area contributed by atoms with Crippen molar-refractivity contribution < 1.29 is 4.74 Å². The van der Waals surface area contributed by atoms with Crippen molar-refractivity contribution in [2.45, 2.75) is 19.3 Å². The highest BCUT2D eigenvalue weighted by atomic mass is 16.5. The van der Waals surface area contributed by atoms with Crippen LogP contribution in [-0.2, 0) is 5.41 Å². The van der Waals surface area contributed by atoms with Gasteiger partial charge in [0.15, 0.2) is 11.5 Å². The number of ether oxygens (including phenoxy) is 1. The third-order valence-electron chi connectivity index (χ3n) is 13.3. The second-order valence-electron chi connectivity index (χ2n) is 16.9. The molecular formula is C57H38N2O. The number of nitrogens with zero attached hydrogens (tertiary/aromatic N) is 2. The molecule has 0 spiro atoms. The molecule has 0 unspecified atom stereocenters. The van der Waals surface area contributed by atoms with Crippen LogP contribution < -0.4 is 9.64 Å². The smallest absolute Gasteiger partial charge is 0.159 e. The summed E-state index contributed by atoms with van der Waals surface area (Å²) in [5, 5.41) is 9.65. The highest BCUT2D eigenvalue weighted by Gasteiger charge is 2.37. The molecule has 13 rings (SSSR count). The molecule has 60 heavy (non-hydrogen) atoms. The van der Waals surface area contributed by atoms with Gasteiger partial charge in [-0.3, -0.25) is 0 Å². The van der Waals surface area contributed by atoms with Gasteiger partial charge in [-0.2, -0.15) is 0 Å². The Morgan fingerprint density at radius 3 is 1.95 bits per heavy atom. The maximum atomic E-state index is 7.08. The van der Waals surface area contributed by atoms with Crippen molar-refractivity contribution in [2.24, 2.45) is 0 Å². The molecule has 0 saturated carbocycles. The minimum absolute atomic E-state index is 0.0720. The lowest BCUT2D eigenvalue weighted by atomic mass is 9.82. The molecule has 2 heterocycles. The molecular weight excluding hydrogens is 729 g/mol. The van der Waals surface area contributed by atoms with Crippen molar-refractivity contribution in [3.8, 4) is 39.4 Å². The van der Waals surface area contributed by atoms with Crippen molar-refractivity contribution in [3.63, 3.8) is 0 Å². The number of para-hydroxylation sites is 1. The van der Waals surface area contributed by atoms with Gasteiger partial charge in [-0.1, -0.05) is 159 Å². The molecule has 0 amide bonds. The van der Waals surface area contributed by atoms with E-state index in [0.717, 1.165) is 50.5 Å². The first-order valence-electron chi connectivity index (χ1n) is 20.8. The van der Waals surface area contributed by atoms with Gasteiger partial charge in [0.1, 0.15) is 0 Å². The quantitative estimate of drug-likeness (QED) is 0.178. The molecule has 3 nitrogen and oxygen atoms in total. The van der Waals surface area contributed by atoms with Crippen LogP contribution in [0.25, 0.3) is 82.1 Å². The Morgan fingerprint density at radius 1 is 0.400 bits per heavy atom. The largest absolute Gasteiger partial charge is 0.452 e. The average Bonchev–Trinajstić information content (AvgIpc) is 3.75. The summed E-state index contributed by atoms with van der Waals surface area (Å²) in [5.41, 5.74) is 14.4. The summed E-state index contributed by atoms with van der Waals surface area (Å²) >= 11 is 0. The Morgan fingerprint density at radius 2 is 1.05 bits per heavy atom. The van der Waals surface area contributed by atoms with E-state index >= 15 is 0 Å². The zero-order chi connectivity index (χ0) is 39.7. The lowest BCUT2D eigenvalue weighted by Crippen LogP contribution is -2.17. The van der Waals surface area contributed by atoms with Crippen molar-refractivity contribution >= 4 is 71.2 Å². The van der Waals surface area contributed by atoms with E-state index in [0.29, 0.717) is 0 Å². The fourth-order valence-corrected chi connectivity index (χ4v) is 10.5. The first-order valence-corrected chi connectivity index (χ1v) is 20.8. The zero-order valence-corrected chi connectivity index (χ0v) is 33.3. The SMILES string of the molecule is CC1(C)c2ccccc2-c2c1ccc1c(N3c4ccc(-c5ccc6c(c5)c5ccccc5n6-c5cccc6ccccc56)cc4Oc4c3ccc3ccccc43)cccc21. The van der Waals surface area contributed by atoms with Gasteiger partial charge in [0.05, 0.1) is 33.8 Å². The van der Waals surface area contributed by atoms with Crippen molar-refractivity contribution in [1.82, 2.24) is 4.57 Å². The van der Waals surface area contributed by atoms with Gasteiger partial charge in [-0.15, -0.1) is 0 Å². The highest BCUT2D eigenvalue weighted by molar-refractivity contribution is 6.13. The van der Waals surface area contributed by atoms with E-state index in [1.807, 2.05) is 0 Å². The second kappa shape index (κ2) is 12.2. The van der Waals surface area contributed by atoms with E-state index in [-0.39, 0.29) is 5.41 Å². The summed E-state index contributed by atoms with van der Waals surface area (Å²) in [5.74, 6) is 1.70. The summed E-state index contributed by atoms with van der Waals surface area (Å²) in [4.78, 5) is 2.42. The lowest BCUT2D eigenvalue weighted by Gasteiger charge is -2.34. The van der Waals surface area contributed by atoms with Crippen LogP contribution in [0.1, 0.15) is 25.0 Å². The minimum atomic E-state index is -0.0720. The molecule has 11 aromatic rings. The van der Waals surface area contributed by atoms with E-state index in [1.54, 1.807) is 0 Å². The number of rotatable bonds is 3. The highest BCUT2D eigenvalue weighted by Crippen LogP contribution is 2.57. The first kappa shape index (κ1) is 33.4. The van der Waals surface area contributed by atoms with E-state index in [4.69, 9.17) is 4.74 Å². The summed E-state index contributed by atoms with van der Waals surface area (Å²) in [6.07, 6.45) is 0. The van der Waals surface area contributed by atoms with Crippen LogP contribution in [0, 0.1) is 0 Å². The molecule has 0 fully saturated rings. The second-order valence-corrected chi connectivity index (χ2v) is 16.9. The number of hydrogen-bond acceptors (Lipinski definition) is 2. The number of fused-ring (bicyclic) bond motifs is 13. The molecule has 1 aliphatic heterocycles. The van der Waals surface area contributed by atoms with E-state index in [1.165, 1.54) is 71.3 Å². The van der Waals surface area contributed by atoms with Gasteiger partial charge in [-0.25, -0.2) is 0 Å². The standard InChI is InChI=1S/C57H38N2O/c1-57(2)46-21-9-7-19-44(46)55-43-20-12-24-50(42(43)28-29-47(55)57)59-52-31-27-38(34-54(52)60-56-40-17-6-4-14-36(40)25-32-53(56)59)37-26-30-51-45(33-37)41-18-8-10-22-49(41)58(51)48-23-11-15-35-13-3-5-16-39(35)48/h3-34H,1-2H3. The van der Waals surface area contributed by atoms with Gasteiger partial charge in [0.2, 0.25) is 0 Å². The monoisotopic (exact) mass is 766 g/mol. The van der Waals surface area contributed by atoms with Crippen molar-refractivity contribution in [1.29, 1.82) is 0 Å². The average molecular weight is 767 g/mol. The molecule has 0 saturated heterocycles. The minimum Gasteiger partial charge on any atom is -0.452 e. The third-order valence-corrected chi connectivity index (χ3v) is 13.3. The van der Waals surface area contributed by atoms with Crippen molar-refractivity contribution in [3.05, 3.63) is 205 Å². The normalized spacial score (nSPS) is 13.7. The fraction of sp³-hybridized carbons (Fsp3) is 0.0526. The lowest BCUT2D eigenvalue weighted by molar-refractivity contribution is 0.483. The Kier molecular flexibility index (Phi) is 6.78. The Labute approximate surface area is 348 Å². The zero-order valence-electron chi connectivity index (χ0n) is 33.3. The topological polar surface area (TPSA) is 17.4 Å². The summed E-state index contributed by atoms with van der Waals surface area (Å²) in [6.45, 7) is 4.71. The first-order chi connectivity index (χ1) is 29.5. The van der Waals surface area contributed by atoms with E-state index in [9.17, 15) is 0 Å². The molecule has 282 valence electrons. The molecule has 10 aromatic carbocycles. The predicted octanol–water partition coefficient (Wildman–Crippen LogP) is 15.8. The third kappa shape index (κ3) is 4.55. The number of anilines is 3. The van der Waals surface area contributed by atoms with Crippen LogP contribution in [0.5, 0.6) is 11.5 Å². The molecule has 0 atom stereocenters. The van der Waals surface area contributed by atoms with Crippen LogP contribution >= 0.6 is 0 Å². The van der Waals surface area contributed by atoms with Crippen LogP contribution in [0.4, 0.5) is 17.1 Å². The predicted molar refractivity (Wildman–Crippen MR) is 251 cm³/mol. The van der Waals surface area contributed by atoms with Gasteiger partial charge in [-0.05, 0) is 98.1 Å². The van der Waals surface area contributed by atoms with Crippen LogP contribution in [0.3, 0.4) is 0 Å². The molecule has 0 bridgehead atoms. The summed E-state index contributed by atoms with van der Waals surface area (Å²) in [7, 11) is 0. The van der Waals surface area contributed by atoms with Crippen molar-refractivity contribution in [2.75, 3.05) is 4.90 Å². The summed E-state index contributed by atoms with van der Waals surface area (Å²) < 4.78 is 9.50. The molecule has 0 N–H and O–H groups in total. The van der Waals surface area contributed by atoms with Crippen LogP contribution in [0.2, 0.25) is 0 Å². The Bertz CT molecular complexity index is 3620. The Balaban J connectivity index is 1.01. The molecule has 3 heteroatoms. The summed E-state index contributed by atoms with van der Waals surface area (Å²) in [6, 6.07) is 71.1. The molecule has 0 radical (unpaired) electrons. The van der Waals surface area contributed by atoms with E-state index in [2.05, 4.69) is 217 Å². The van der Waals surface area contributed by atoms with Gasteiger partial charge < -0.3 is 14.2 Å². The molecule has 2 aliphatic rings.